The van der Waals surface area contributed by atoms with Crippen molar-refractivity contribution in [2.75, 3.05) is 0 Å². The predicted molar refractivity (Wildman–Crippen MR) is 66.2 cm³/mol. The van der Waals surface area contributed by atoms with E-state index in [1.54, 1.807) is 0 Å². The quantitative estimate of drug-likeness (QED) is 0.847. The highest BCUT2D eigenvalue weighted by Gasteiger charge is 2.53. The molecule has 1 aromatic rings. The molecular weight excluding hydrogens is 212 g/mol. The Hall–Kier alpha value is -1.31. The van der Waals surface area contributed by atoms with Gasteiger partial charge in [-0.05, 0) is 60.6 Å². The van der Waals surface area contributed by atoms with Crippen molar-refractivity contribution in [2.24, 2.45) is 5.92 Å². The summed E-state index contributed by atoms with van der Waals surface area (Å²) in [5.41, 5.74) is 4.52. The lowest BCUT2D eigenvalue weighted by Crippen LogP contribution is -2.30. The topological polar surface area (TPSA) is 37.3 Å². The van der Waals surface area contributed by atoms with Crippen molar-refractivity contribution in [3.63, 3.8) is 0 Å². The summed E-state index contributed by atoms with van der Waals surface area (Å²) in [5.74, 6) is -0.285. The van der Waals surface area contributed by atoms with Gasteiger partial charge in [-0.15, -0.1) is 0 Å². The van der Waals surface area contributed by atoms with Gasteiger partial charge in [0.2, 0.25) is 0 Å². The lowest BCUT2D eigenvalue weighted by Gasteiger charge is -2.34. The first-order chi connectivity index (χ1) is 8.13. The highest BCUT2D eigenvalue weighted by atomic mass is 16.4. The average molecular weight is 230 g/mol. The molecule has 1 saturated carbocycles. The van der Waals surface area contributed by atoms with Crippen LogP contribution in [-0.2, 0) is 16.6 Å². The van der Waals surface area contributed by atoms with Crippen molar-refractivity contribution in [3.05, 3.63) is 34.9 Å². The van der Waals surface area contributed by atoms with E-state index in [4.69, 9.17) is 5.11 Å². The number of carboxylic acid groups (broad SMARTS) is 1. The lowest BCUT2D eigenvalue weighted by molar-refractivity contribution is -0.138. The van der Waals surface area contributed by atoms with Crippen LogP contribution in [0.15, 0.2) is 18.2 Å². The summed E-state index contributed by atoms with van der Waals surface area (Å²) in [7, 11) is 0. The number of hydrogen-bond acceptors (Lipinski definition) is 1. The molecule has 0 amide bonds. The Morgan fingerprint density at radius 2 is 2.24 bits per heavy atom. The van der Waals surface area contributed by atoms with Crippen molar-refractivity contribution in [1.82, 2.24) is 0 Å². The number of fused-ring (bicyclic) bond motifs is 2. The Bertz CT molecular complexity index is 472. The maximum Gasteiger partial charge on any atom is 0.303 e. The third kappa shape index (κ3) is 1.58. The van der Waals surface area contributed by atoms with Gasteiger partial charge < -0.3 is 5.11 Å². The number of carboxylic acids is 1. The molecule has 2 nitrogen and oxygen atoms in total. The Morgan fingerprint density at radius 3 is 2.88 bits per heavy atom. The molecule has 2 aliphatic carbocycles. The third-order valence-electron chi connectivity index (χ3n) is 4.61. The van der Waals surface area contributed by atoms with E-state index in [1.807, 2.05) is 0 Å². The van der Waals surface area contributed by atoms with E-state index in [0.717, 1.165) is 12.8 Å². The summed E-state index contributed by atoms with van der Waals surface area (Å²) >= 11 is 0. The van der Waals surface area contributed by atoms with Crippen LogP contribution < -0.4 is 0 Å². The largest absolute Gasteiger partial charge is 0.481 e. The van der Waals surface area contributed by atoms with Gasteiger partial charge >= 0.3 is 5.97 Å². The van der Waals surface area contributed by atoms with Crippen LogP contribution in [0.4, 0.5) is 0 Å². The summed E-state index contributed by atoms with van der Waals surface area (Å²) in [5, 5.41) is 9.04. The normalized spacial score (nSPS) is 24.4. The highest BCUT2D eigenvalue weighted by molar-refractivity contribution is 5.68. The molecule has 0 heterocycles. The van der Waals surface area contributed by atoms with E-state index in [0.29, 0.717) is 12.3 Å². The average Bonchev–Trinajstić information content (AvgIpc) is 3.03. The monoisotopic (exact) mass is 230 g/mol. The molecule has 1 unspecified atom stereocenters. The molecule has 17 heavy (non-hydrogen) atoms. The molecule has 1 N–H and O–H groups in total. The first-order valence-electron chi connectivity index (χ1n) is 6.44. The number of benzene rings is 1. The predicted octanol–water partition coefficient (Wildman–Crippen LogP) is 3.06. The van der Waals surface area contributed by atoms with Crippen LogP contribution in [0.25, 0.3) is 0 Å². The molecule has 0 radical (unpaired) electrons. The summed E-state index contributed by atoms with van der Waals surface area (Å²) in [6.45, 7) is 2.17. The summed E-state index contributed by atoms with van der Waals surface area (Å²) in [4.78, 5) is 11.0. The maximum absolute atomic E-state index is 11.0. The summed E-state index contributed by atoms with van der Waals surface area (Å²) in [6.07, 6.45) is 4.80. The Balaban J connectivity index is 2.03. The van der Waals surface area contributed by atoms with Crippen molar-refractivity contribution in [1.29, 1.82) is 0 Å². The molecule has 0 aromatic heterocycles. The van der Waals surface area contributed by atoms with E-state index in [-0.39, 0.29) is 5.41 Å². The number of aryl methyl sites for hydroxylation is 2. The zero-order valence-electron chi connectivity index (χ0n) is 10.2. The fourth-order valence-electron chi connectivity index (χ4n) is 3.76. The van der Waals surface area contributed by atoms with Gasteiger partial charge in [-0.25, -0.2) is 0 Å². The van der Waals surface area contributed by atoms with Crippen LogP contribution in [0.5, 0.6) is 0 Å². The molecular formula is C15H18O2. The minimum absolute atomic E-state index is 0.220. The molecule has 1 aromatic carbocycles. The molecule has 2 heteroatoms. The molecule has 0 aliphatic heterocycles. The fraction of sp³-hybridized carbons (Fsp3) is 0.533. The number of hydrogen-bond donors (Lipinski definition) is 1. The van der Waals surface area contributed by atoms with Crippen LogP contribution in [-0.4, -0.2) is 11.1 Å². The van der Waals surface area contributed by atoms with Crippen LogP contribution in [0, 0.1) is 12.8 Å². The van der Waals surface area contributed by atoms with Gasteiger partial charge in [-0.2, -0.15) is 0 Å². The smallest absolute Gasteiger partial charge is 0.303 e. The zero-order valence-corrected chi connectivity index (χ0v) is 10.2. The van der Waals surface area contributed by atoms with Gasteiger partial charge in [-0.1, -0.05) is 18.2 Å². The van der Waals surface area contributed by atoms with Crippen molar-refractivity contribution >= 4 is 5.97 Å². The lowest BCUT2D eigenvalue weighted by atomic mass is 9.69. The van der Waals surface area contributed by atoms with Gasteiger partial charge in [0.1, 0.15) is 0 Å². The Labute approximate surface area is 102 Å². The van der Waals surface area contributed by atoms with E-state index >= 15 is 0 Å². The van der Waals surface area contributed by atoms with E-state index in [9.17, 15) is 4.79 Å². The summed E-state index contributed by atoms with van der Waals surface area (Å²) in [6, 6.07) is 6.52. The van der Waals surface area contributed by atoms with E-state index in [2.05, 4.69) is 25.1 Å². The van der Waals surface area contributed by atoms with Gasteiger partial charge in [0.05, 0.1) is 0 Å². The number of rotatable bonds is 2. The molecule has 3 rings (SSSR count). The molecule has 1 spiro atoms. The highest BCUT2D eigenvalue weighted by Crippen LogP contribution is 2.60. The Morgan fingerprint density at radius 1 is 1.47 bits per heavy atom. The molecule has 1 fully saturated rings. The molecule has 2 aliphatic rings. The van der Waals surface area contributed by atoms with Crippen molar-refractivity contribution < 1.29 is 9.90 Å². The maximum atomic E-state index is 11.0. The van der Waals surface area contributed by atoms with E-state index < -0.39 is 5.97 Å². The number of carbonyl (C=O) groups is 1. The fourth-order valence-corrected chi connectivity index (χ4v) is 3.76. The van der Waals surface area contributed by atoms with E-state index in [1.165, 1.54) is 29.5 Å². The van der Waals surface area contributed by atoms with Gasteiger partial charge in [-0.3, -0.25) is 4.79 Å². The van der Waals surface area contributed by atoms with Gasteiger partial charge in [0.15, 0.2) is 0 Å². The number of aliphatic carboxylic acids is 1. The first-order valence-corrected chi connectivity index (χ1v) is 6.44. The van der Waals surface area contributed by atoms with Crippen LogP contribution in [0.3, 0.4) is 0 Å². The van der Waals surface area contributed by atoms with Crippen molar-refractivity contribution in [3.8, 4) is 0 Å². The second kappa shape index (κ2) is 3.59. The minimum atomic E-state index is -0.640. The summed E-state index contributed by atoms with van der Waals surface area (Å²) < 4.78 is 0. The first kappa shape index (κ1) is 10.8. The SMILES string of the molecule is Cc1cccc2c1C1(CC1)C(CC(=O)O)CC2. The van der Waals surface area contributed by atoms with Gasteiger partial charge in [0, 0.05) is 6.42 Å². The third-order valence-corrected chi connectivity index (χ3v) is 4.61. The zero-order chi connectivity index (χ0) is 12.0. The minimum Gasteiger partial charge on any atom is -0.481 e. The van der Waals surface area contributed by atoms with Crippen molar-refractivity contribution in [2.45, 2.75) is 44.4 Å². The standard InChI is InChI=1S/C15H18O2/c1-10-3-2-4-11-5-6-12(9-13(16)17)15(7-8-15)14(10)11/h2-4,12H,5-9H2,1H3,(H,16,17). The molecule has 0 saturated heterocycles. The second-order valence-corrected chi connectivity index (χ2v) is 5.60. The molecule has 90 valence electrons. The molecule has 1 atom stereocenters. The van der Waals surface area contributed by atoms with Crippen LogP contribution in [0.2, 0.25) is 0 Å². The van der Waals surface area contributed by atoms with Crippen LogP contribution in [0.1, 0.15) is 42.4 Å². The van der Waals surface area contributed by atoms with Gasteiger partial charge in [0.25, 0.3) is 0 Å². The molecule has 0 bridgehead atoms. The van der Waals surface area contributed by atoms with Crippen LogP contribution >= 0.6 is 0 Å². The second-order valence-electron chi connectivity index (χ2n) is 5.60. The Kier molecular flexibility index (Phi) is 2.29.